The number of rotatable bonds is 6. The van der Waals surface area contributed by atoms with Crippen molar-refractivity contribution in [1.29, 1.82) is 0 Å². The summed E-state index contributed by atoms with van der Waals surface area (Å²) in [4.78, 5) is 2.50. The number of hydrogen-bond acceptors (Lipinski definition) is 3. The molecule has 0 aromatic heterocycles. The first-order chi connectivity index (χ1) is 5.72. The van der Waals surface area contributed by atoms with Gasteiger partial charge in [-0.3, -0.25) is 0 Å². The molecule has 1 rings (SSSR count). The summed E-state index contributed by atoms with van der Waals surface area (Å²) in [6.45, 7) is 9.18. The van der Waals surface area contributed by atoms with Gasteiger partial charge in [0, 0.05) is 24.4 Å². The minimum Gasteiger partial charge on any atom is -0.310 e. The lowest BCUT2D eigenvalue weighted by atomic mass is 10.3. The van der Waals surface area contributed by atoms with Crippen molar-refractivity contribution in [1.82, 2.24) is 10.2 Å². The van der Waals surface area contributed by atoms with Crippen molar-refractivity contribution in [3.63, 3.8) is 0 Å². The van der Waals surface area contributed by atoms with Gasteiger partial charge in [0.1, 0.15) is 0 Å². The third kappa shape index (κ3) is 4.33. The van der Waals surface area contributed by atoms with Crippen molar-refractivity contribution < 1.29 is 0 Å². The van der Waals surface area contributed by atoms with E-state index >= 15 is 0 Å². The van der Waals surface area contributed by atoms with Crippen LogP contribution in [-0.4, -0.2) is 42.4 Å². The quantitative estimate of drug-likeness (QED) is 0.480. The number of thiol groups is 1. The first-order valence-electron chi connectivity index (χ1n) is 4.86. The van der Waals surface area contributed by atoms with Gasteiger partial charge in [-0.25, -0.2) is 0 Å². The number of likely N-dealkylation sites (N-methyl/N-ethyl adjacent to an activating group) is 1. The lowest BCUT2D eigenvalue weighted by molar-refractivity contribution is 0.287. The monoisotopic (exact) mass is 188 g/mol. The van der Waals surface area contributed by atoms with Crippen molar-refractivity contribution >= 4 is 12.6 Å². The van der Waals surface area contributed by atoms with Crippen molar-refractivity contribution in [3.05, 3.63) is 0 Å². The molecular weight excluding hydrogens is 168 g/mol. The molecule has 0 aliphatic carbocycles. The van der Waals surface area contributed by atoms with E-state index in [9.17, 15) is 0 Å². The minimum atomic E-state index is 0.534. The lowest BCUT2D eigenvalue weighted by Gasteiger charge is -2.20. The number of nitrogens with zero attached hydrogens (tertiary/aromatic N) is 1. The molecule has 2 unspecified atom stereocenters. The molecule has 72 valence electrons. The van der Waals surface area contributed by atoms with E-state index in [2.05, 4.69) is 36.7 Å². The Bertz CT molecular complexity index is 124. The minimum absolute atomic E-state index is 0.534. The van der Waals surface area contributed by atoms with Crippen LogP contribution in [0, 0.1) is 0 Å². The molecule has 1 N–H and O–H groups in total. The fourth-order valence-corrected chi connectivity index (χ4v) is 1.39. The number of hydrogen-bond donors (Lipinski definition) is 2. The van der Waals surface area contributed by atoms with E-state index in [1.807, 2.05) is 0 Å². The molecule has 0 aromatic carbocycles. The standard InChI is InChI=1S/C9H20N2S/c1-3-11(5-4-8(2)12)7-9-6-10-9/h8-10,12H,3-7H2,1-2H3. The third-order valence-corrected chi connectivity index (χ3v) is 2.54. The second kappa shape index (κ2) is 5.10. The van der Waals surface area contributed by atoms with Crippen LogP contribution in [0.2, 0.25) is 0 Å². The second-order valence-corrected chi connectivity index (χ2v) is 4.52. The summed E-state index contributed by atoms with van der Waals surface area (Å²) in [5.74, 6) is 0. The van der Waals surface area contributed by atoms with Crippen LogP contribution in [0.25, 0.3) is 0 Å². The van der Waals surface area contributed by atoms with Gasteiger partial charge in [0.2, 0.25) is 0 Å². The summed E-state index contributed by atoms with van der Waals surface area (Å²) >= 11 is 4.38. The SMILES string of the molecule is CCN(CCC(C)S)CC1CN1. The Morgan fingerprint density at radius 1 is 1.67 bits per heavy atom. The molecule has 1 aliphatic heterocycles. The zero-order valence-electron chi connectivity index (χ0n) is 8.08. The highest BCUT2D eigenvalue weighted by Crippen LogP contribution is 2.05. The molecule has 1 saturated heterocycles. The van der Waals surface area contributed by atoms with Crippen LogP contribution in [0.5, 0.6) is 0 Å². The van der Waals surface area contributed by atoms with Gasteiger partial charge >= 0.3 is 0 Å². The predicted molar refractivity (Wildman–Crippen MR) is 57.0 cm³/mol. The summed E-state index contributed by atoms with van der Waals surface area (Å²) in [7, 11) is 0. The smallest absolute Gasteiger partial charge is 0.0320 e. The summed E-state index contributed by atoms with van der Waals surface area (Å²) in [5.41, 5.74) is 0. The van der Waals surface area contributed by atoms with Gasteiger partial charge in [-0.05, 0) is 19.5 Å². The van der Waals surface area contributed by atoms with E-state index in [0.29, 0.717) is 5.25 Å². The first kappa shape index (κ1) is 10.4. The Morgan fingerprint density at radius 2 is 2.33 bits per heavy atom. The van der Waals surface area contributed by atoms with E-state index in [1.54, 1.807) is 0 Å². The van der Waals surface area contributed by atoms with Crippen LogP contribution >= 0.6 is 12.6 Å². The zero-order valence-corrected chi connectivity index (χ0v) is 8.98. The molecule has 0 amide bonds. The second-order valence-electron chi connectivity index (χ2n) is 3.64. The fraction of sp³-hybridized carbons (Fsp3) is 1.00. The summed E-state index contributed by atoms with van der Waals surface area (Å²) in [6.07, 6.45) is 1.20. The van der Waals surface area contributed by atoms with E-state index < -0.39 is 0 Å². The van der Waals surface area contributed by atoms with E-state index in [0.717, 1.165) is 6.04 Å². The van der Waals surface area contributed by atoms with Crippen LogP contribution in [0.4, 0.5) is 0 Å². The molecule has 12 heavy (non-hydrogen) atoms. The first-order valence-corrected chi connectivity index (χ1v) is 5.37. The maximum absolute atomic E-state index is 4.38. The molecular formula is C9H20N2S. The summed E-state index contributed by atoms with van der Waals surface area (Å²) in [5, 5.41) is 3.86. The van der Waals surface area contributed by atoms with Crippen LogP contribution in [-0.2, 0) is 0 Å². The molecule has 2 nitrogen and oxygen atoms in total. The van der Waals surface area contributed by atoms with Gasteiger partial charge in [-0.15, -0.1) is 0 Å². The van der Waals surface area contributed by atoms with Crippen molar-refractivity contribution in [2.75, 3.05) is 26.2 Å². The maximum atomic E-state index is 4.38. The Kier molecular flexibility index (Phi) is 4.40. The molecule has 1 heterocycles. The summed E-state index contributed by atoms with van der Waals surface area (Å²) in [6, 6.07) is 0.778. The Balaban J connectivity index is 2.06. The van der Waals surface area contributed by atoms with Crippen molar-refractivity contribution in [3.8, 4) is 0 Å². The molecule has 0 radical (unpaired) electrons. The van der Waals surface area contributed by atoms with Crippen molar-refractivity contribution in [2.45, 2.75) is 31.6 Å². The van der Waals surface area contributed by atoms with E-state index in [1.165, 1.54) is 32.6 Å². The maximum Gasteiger partial charge on any atom is 0.0320 e. The summed E-state index contributed by atoms with van der Waals surface area (Å²) < 4.78 is 0. The molecule has 0 aromatic rings. The predicted octanol–water partition coefficient (Wildman–Crippen LogP) is 0.988. The highest BCUT2D eigenvalue weighted by molar-refractivity contribution is 7.80. The Hall–Kier alpha value is 0.270. The van der Waals surface area contributed by atoms with Gasteiger partial charge in [0.05, 0.1) is 0 Å². The van der Waals surface area contributed by atoms with Gasteiger partial charge in [0.25, 0.3) is 0 Å². The number of nitrogens with one attached hydrogen (secondary N) is 1. The van der Waals surface area contributed by atoms with Crippen LogP contribution in [0.3, 0.4) is 0 Å². The molecule has 3 heteroatoms. The Labute approximate surface area is 81.1 Å². The van der Waals surface area contributed by atoms with Crippen LogP contribution in [0.1, 0.15) is 20.3 Å². The Morgan fingerprint density at radius 3 is 2.75 bits per heavy atom. The molecule has 0 bridgehead atoms. The molecule has 1 aliphatic rings. The van der Waals surface area contributed by atoms with Crippen LogP contribution < -0.4 is 5.32 Å². The average molecular weight is 188 g/mol. The van der Waals surface area contributed by atoms with E-state index in [-0.39, 0.29) is 0 Å². The largest absolute Gasteiger partial charge is 0.310 e. The molecule has 1 fully saturated rings. The third-order valence-electron chi connectivity index (χ3n) is 2.28. The highest BCUT2D eigenvalue weighted by atomic mass is 32.1. The molecule has 2 atom stereocenters. The zero-order chi connectivity index (χ0) is 8.97. The lowest BCUT2D eigenvalue weighted by Crippen LogP contribution is -2.30. The van der Waals surface area contributed by atoms with Gasteiger partial charge in [0.15, 0.2) is 0 Å². The fourth-order valence-electron chi connectivity index (χ4n) is 1.27. The molecule has 0 saturated carbocycles. The van der Waals surface area contributed by atoms with Crippen molar-refractivity contribution in [2.24, 2.45) is 0 Å². The highest BCUT2D eigenvalue weighted by Gasteiger charge is 2.22. The van der Waals surface area contributed by atoms with E-state index in [4.69, 9.17) is 0 Å². The van der Waals surface area contributed by atoms with Gasteiger partial charge in [-0.2, -0.15) is 12.6 Å². The van der Waals surface area contributed by atoms with Gasteiger partial charge < -0.3 is 10.2 Å². The molecule has 0 spiro atoms. The van der Waals surface area contributed by atoms with Crippen LogP contribution in [0.15, 0.2) is 0 Å². The normalized spacial score (nSPS) is 24.5. The van der Waals surface area contributed by atoms with Gasteiger partial charge in [-0.1, -0.05) is 13.8 Å². The average Bonchev–Trinajstić information content (AvgIpc) is 2.81. The topological polar surface area (TPSA) is 25.2 Å².